The van der Waals surface area contributed by atoms with Crippen molar-refractivity contribution < 1.29 is 9.32 Å². The molecule has 2 aromatic rings. The summed E-state index contributed by atoms with van der Waals surface area (Å²) in [5.74, 6) is 1.12. The van der Waals surface area contributed by atoms with Crippen molar-refractivity contribution in [1.82, 2.24) is 20.4 Å². The minimum Gasteiger partial charge on any atom is -0.357 e. The molecule has 2 aliphatic rings. The zero-order chi connectivity index (χ0) is 18.5. The zero-order valence-electron chi connectivity index (χ0n) is 15.7. The van der Waals surface area contributed by atoms with E-state index in [1.165, 1.54) is 32.1 Å². The standard InChI is InChI=1S/C20H27N5O2/c26-19(22-16-8-4-1-2-5-9-16)20-23-18(24-27-20)15-10-11-21-17(14-15)25-12-6-3-7-13-25/h10-11,14,16H,1-9,12-13H2,(H,22,26). The molecule has 1 aliphatic heterocycles. The number of anilines is 1. The molecule has 3 heterocycles. The molecule has 4 rings (SSSR count). The maximum absolute atomic E-state index is 12.5. The van der Waals surface area contributed by atoms with E-state index in [0.717, 1.165) is 50.2 Å². The lowest BCUT2D eigenvalue weighted by molar-refractivity contribution is 0.0889. The average Bonchev–Trinajstić information content (AvgIpc) is 3.08. The van der Waals surface area contributed by atoms with Crippen LogP contribution in [0.2, 0.25) is 0 Å². The van der Waals surface area contributed by atoms with Crippen molar-refractivity contribution in [3.63, 3.8) is 0 Å². The number of hydrogen-bond acceptors (Lipinski definition) is 6. The number of amides is 1. The first-order valence-corrected chi connectivity index (χ1v) is 10.2. The second-order valence-corrected chi connectivity index (χ2v) is 7.54. The van der Waals surface area contributed by atoms with Crippen molar-refractivity contribution in [1.29, 1.82) is 0 Å². The van der Waals surface area contributed by atoms with Gasteiger partial charge in [0.25, 0.3) is 0 Å². The molecular weight excluding hydrogens is 342 g/mol. The van der Waals surface area contributed by atoms with Gasteiger partial charge in [-0.3, -0.25) is 4.79 Å². The van der Waals surface area contributed by atoms with Crippen LogP contribution in [-0.2, 0) is 0 Å². The number of carbonyl (C=O) groups is 1. The van der Waals surface area contributed by atoms with Crippen molar-refractivity contribution >= 4 is 11.7 Å². The van der Waals surface area contributed by atoms with Crippen molar-refractivity contribution in [3.8, 4) is 11.4 Å². The van der Waals surface area contributed by atoms with Crippen LogP contribution >= 0.6 is 0 Å². The number of pyridine rings is 1. The molecule has 7 nitrogen and oxygen atoms in total. The summed E-state index contributed by atoms with van der Waals surface area (Å²) in [6.07, 6.45) is 12.3. The lowest BCUT2D eigenvalue weighted by atomic mass is 10.1. The fourth-order valence-corrected chi connectivity index (χ4v) is 3.96. The number of nitrogens with one attached hydrogen (secondary N) is 1. The van der Waals surface area contributed by atoms with Crippen LogP contribution in [0, 0.1) is 0 Å². The molecule has 1 aliphatic carbocycles. The van der Waals surface area contributed by atoms with Gasteiger partial charge in [0.2, 0.25) is 5.82 Å². The SMILES string of the molecule is O=C(NC1CCCCCC1)c1nc(-c2ccnc(N3CCCCC3)c2)no1. The van der Waals surface area contributed by atoms with E-state index in [0.29, 0.717) is 5.82 Å². The second-order valence-electron chi connectivity index (χ2n) is 7.54. The van der Waals surface area contributed by atoms with Gasteiger partial charge in [0.05, 0.1) is 0 Å². The Balaban J connectivity index is 1.44. The summed E-state index contributed by atoms with van der Waals surface area (Å²) in [5.41, 5.74) is 0.822. The highest BCUT2D eigenvalue weighted by Crippen LogP contribution is 2.23. The molecule has 27 heavy (non-hydrogen) atoms. The van der Waals surface area contributed by atoms with Crippen molar-refractivity contribution in [2.75, 3.05) is 18.0 Å². The van der Waals surface area contributed by atoms with Crippen LogP contribution in [0.25, 0.3) is 11.4 Å². The number of piperidine rings is 1. The summed E-state index contributed by atoms with van der Waals surface area (Å²) in [5, 5.41) is 7.06. The molecule has 144 valence electrons. The van der Waals surface area contributed by atoms with Crippen LogP contribution < -0.4 is 10.2 Å². The monoisotopic (exact) mass is 369 g/mol. The summed E-state index contributed by atoms with van der Waals surface area (Å²) in [7, 11) is 0. The van der Waals surface area contributed by atoms with E-state index in [4.69, 9.17) is 4.52 Å². The maximum Gasteiger partial charge on any atom is 0.316 e. The average molecular weight is 369 g/mol. The van der Waals surface area contributed by atoms with Crippen LogP contribution in [0.1, 0.15) is 68.5 Å². The molecule has 0 atom stereocenters. The molecule has 0 radical (unpaired) electrons. The number of hydrogen-bond donors (Lipinski definition) is 1. The van der Waals surface area contributed by atoms with Crippen LogP contribution in [0.4, 0.5) is 5.82 Å². The van der Waals surface area contributed by atoms with Gasteiger partial charge in [-0.25, -0.2) is 4.98 Å². The van der Waals surface area contributed by atoms with Gasteiger partial charge in [-0.1, -0.05) is 30.8 Å². The highest BCUT2D eigenvalue weighted by atomic mass is 16.5. The fraction of sp³-hybridized carbons (Fsp3) is 0.600. The van der Waals surface area contributed by atoms with E-state index in [2.05, 4.69) is 25.3 Å². The summed E-state index contributed by atoms with van der Waals surface area (Å²) < 4.78 is 5.23. The van der Waals surface area contributed by atoms with E-state index >= 15 is 0 Å². The highest BCUT2D eigenvalue weighted by Gasteiger charge is 2.21. The Morgan fingerprint density at radius 1 is 1.07 bits per heavy atom. The molecule has 1 saturated carbocycles. The summed E-state index contributed by atoms with van der Waals surface area (Å²) in [6, 6.07) is 4.04. The molecule has 1 saturated heterocycles. The van der Waals surface area contributed by atoms with E-state index in [9.17, 15) is 4.79 Å². The first kappa shape index (κ1) is 17.9. The molecule has 2 aromatic heterocycles. The van der Waals surface area contributed by atoms with Crippen LogP contribution in [0.5, 0.6) is 0 Å². The van der Waals surface area contributed by atoms with E-state index in [1.807, 2.05) is 12.1 Å². The lowest BCUT2D eigenvalue weighted by Gasteiger charge is -2.27. The van der Waals surface area contributed by atoms with Crippen LogP contribution in [-0.4, -0.2) is 40.2 Å². The van der Waals surface area contributed by atoms with E-state index in [1.54, 1.807) is 6.20 Å². The van der Waals surface area contributed by atoms with Crippen LogP contribution in [0.15, 0.2) is 22.9 Å². The maximum atomic E-state index is 12.5. The minimum atomic E-state index is -0.272. The molecule has 1 N–H and O–H groups in total. The number of aromatic nitrogens is 3. The molecule has 2 fully saturated rings. The Morgan fingerprint density at radius 2 is 1.81 bits per heavy atom. The second kappa shape index (κ2) is 8.50. The van der Waals surface area contributed by atoms with Gasteiger partial charge < -0.3 is 14.7 Å². The third-order valence-corrected chi connectivity index (χ3v) is 5.49. The normalized spacial score (nSPS) is 18.9. The molecule has 1 amide bonds. The number of carbonyl (C=O) groups excluding carboxylic acids is 1. The van der Waals surface area contributed by atoms with Gasteiger partial charge >= 0.3 is 11.8 Å². The molecule has 0 bridgehead atoms. The van der Waals surface area contributed by atoms with Gasteiger partial charge in [0.1, 0.15) is 5.82 Å². The van der Waals surface area contributed by atoms with Crippen molar-refractivity contribution in [2.24, 2.45) is 0 Å². The Kier molecular flexibility index (Phi) is 5.65. The number of rotatable bonds is 4. The van der Waals surface area contributed by atoms with Gasteiger partial charge in [0.15, 0.2) is 0 Å². The quantitative estimate of drug-likeness (QED) is 0.830. The van der Waals surface area contributed by atoms with Crippen LogP contribution in [0.3, 0.4) is 0 Å². The van der Waals surface area contributed by atoms with Crippen molar-refractivity contribution in [3.05, 3.63) is 24.2 Å². The van der Waals surface area contributed by atoms with Gasteiger partial charge in [-0.05, 0) is 44.2 Å². The molecular formula is C20H27N5O2. The summed E-state index contributed by atoms with van der Waals surface area (Å²) in [4.78, 5) is 23.5. The smallest absolute Gasteiger partial charge is 0.316 e. The predicted molar refractivity (Wildman–Crippen MR) is 103 cm³/mol. The summed E-state index contributed by atoms with van der Waals surface area (Å²) in [6.45, 7) is 2.05. The Bertz CT molecular complexity index is 761. The number of nitrogens with zero attached hydrogens (tertiary/aromatic N) is 4. The molecule has 0 unspecified atom stereocenters. The third kappa shape index (κ3) is 4.46. The van der Waals surface area contributed by atoms with E-state index in [-0.39, 0.29) is 17.8 Å². The molecule has 0 aromatic carbocycles. The predicted octanol–water partition coefficient (Wildman–Crippen LogP) is 3.57. The van der Waals surface area contributed by atoms with Crippen molar-refractivity contribution in [2.45, 2.75) is 63.8 Å². The largest absolute Gasteiger partial charge is 0.357 e. The molecule has 7 heteroatoms. The van der Waals surface area contributed by atoms with Gasteiger partial charge in [0, 0.05) is 30.9 Å². The Morgan fingerprint density at radius 3 is 2.59 bits per heavy atom. The van der Waals surface area contributed by atoms with Gasteiger partial charge in [-0.2, -0.15) is 4.98 Å². The highest BCUT2D eigenvalue weighted by molar-refractivity contribution is 5.90. The lowest BCUT2D eigenvalue weighted by Crippen LogP contribution is -2.34. The zero-order valence-corrected chi connectivity index (χ0v) is 15.7. The Hall–Kier alpha value is -2.44. The Labute approximate surface area is 159 Å². The van der Waals surface area contributed by atoms with Gasteiger partial charge in [-0.15, -0.1) is 0 Å². The molecule has 0 spiro atoms. The van der Waals surface area contributed by atoms with E-state index < -0.39 is 0 Å². The fourth-order valence-electron chi connectivity index (χ4n) is 3.96. The first-order valence-electron chi connectivity index (χ1n) is 10.2. The summed E-state index contributed by atoms with van der Waals surface area (Å²) >= 11 is 0. The topological polar surface area (TPSA) is 84.2 Å². The first-order chi connectivity index (χ1) is 13.3. The third-order valence-electron chi connectivity index (χ3n) is 5.49. The minimum absolute atomic E-state index is 0.0329.